The molecular formula is C15H14N2O3S. The van der Waals surface area contributed by atoms with Gasteiger partial charge in [0, 0.05) is 12.0 Å². The molecule has 5 nitrogen and oxygen atoms in total. The van der Waals surface area contributed by atoms with Gasteiger partial charge >= 0.3 is 0 Å². The molecule has 0 saturated heterocycles. The van der Waals surface area contributed by atoms with Crippen molar-refractivity contribution in [3.63, 3.8) is 0 Å². The lowest BCUT2D eigenvalue weighted by Crippen LogP contribution is -2.10. The summed E-state index contributed by atoms with van der Waals surface area (Å²) in [5, 5.41) is -0.356. The molecule has 1 aromatic carbocycles. The molecule has 0 unspecified atom stereocenters. The van der Waals surface area contributed by atoms with Gasteiger partial charge in [-0.3, -0.25) is 0 Å². The number of rotatable bonds is 3. The molecule has 0 atom stereocenters. The molecule has 1 heterocycles. The van der Waals surface area contributed by atoms with Gasteiger partial charge in [-0.2, -0.15) is 0 Å². The predicted octanol–water partition coefficient (Wildman–Crippen LogP) is 2.72. The summed E-state index contributed by atoms with van der Waals surface area (Å²) in [5.74, 6) is 0.600. The highest BCUT2D eigenvalue weighted by Gasteiger charge is 2.25. The fourth-order valence-corrected chi connectivity index (χ4v) is 3.15. The van der Waals surface area contributed by atoms with Gasteiger partial charge in [0.2, 0.25) is 9.84 Å². The molecule has 0 bridgehead atoms. The first-order chi connectivity index (χ1) is 9.98. The summed E-state index contributed by atoms with van der Waals surface area (Å²) in [6.45, 7) is 9.09. The number of ether oxygens (including phenoxy) is 1. The van der Waals surface area contributed by atoms with Gasteiger partial charge in [-0.25, -0.2) is 13.3 Å². The minimum Gasteiger partial charge on any atom is -0.446 e. The molecule has 21 heavy (non-hydrogen) atoms. The maximum absolute atomic E-state index is 12.6. The van der Waals surface area contributed by atoms with E-state index in [9.17, 15) is 8.42 Å². The fourth-order valence-electron chi connectivity index (χ4n) is 1.87. The van der Waals surface area contributed by atoms with E-state index in [1.165, 1.54) is 24.3 Å². The lowest BCUT2D eigenvalue weighted by atomic mass is 10.2. The second-order valence-electron chi connectivity index (χ2n) is 4.30. The van der Waals surface area contributed by atoms with Crippen molar-refractivity contribution in [1.29, 1.82) is 0 Å². The van der Waals surface area contributed by atoms with Crippen LogP contribution in [-0.2, 0) is 14.6 Å². The Morgan fingerprint density at radius 3 is 2.52 bits per heavy atom. The van der Waals surface area contributed by atoms with Crippen LogP contribution < -0.4 is 5.73 Å². The van der Waals surface area contributed by atoms with Crippen molar-refractivity contribution in [2.75, 3.05) is 0 Å². The largest absolute Gasteiger partial charge is 0.446 e. The molecule has 1 aromatic rings. The van der Waals surface area contributed by atoms with Crippen LogP contribution in [0.25, 0.3) is 4.85 Å². The lowest BCUT2D eigenvalue weighted by Gasteiger charge is -2.15. The van der Waals surface area contributed by atoms with E-state index in [1.807, 2.05) is 6.92 Å². The average molecular weight is 302 g/mol. The third kappa shape index (κ3) is 2.98. The highest BCUT2D eigenvalue weighted by Crippen LogP contribution is 2.28. The summed E-state index contributed by atoms with van der Waals surface area (Å²) in [5.41, 5.74) is 5.88. The number of sulfone groups is 1. The highest BCUT2D eigenvalue weighted by molar-refractivity contribution is 7.95. The predicted molar refractivity (Wildman–Crippen MR) is 79.0 cm³/mol. The fraction of sp³-hybridized carbons (Fsp3) is 0.133. The van der Waals surface area contributed by atoms with Crippen molar-refractivity contribution < 1.29 is 13.2 Å². The number of allylic oxidation sites excluding steroid dienone is 4. The molecule has 6 heteroatoms. The monoisotopic (exact) mass is 302 g/mol. The topological polar surface area (TPSA) is 73.8 Å². The van der Waals surface area contributed by atoms with E-state index in [-0.39, 0.29) is 21.4 Å². The van der Waals surface area contributed by atoms with E-state index < -0.39 is 9.84 Å². The zero-order chi connectivity index (χ0) is 15.5. The Hall–Kier alpha value is -2.52. The minimum atomic E-state index is -3.88. The maximum atomic E-state index is 12.6. The first kappa shape index (κ1) is 14.9. The lowest BCUT2D eigenvalue weighted by molar-refractivity contribution is 0.285. The summed E-state index contributed by atoms with van der Waals surface area (Å²) < 4.78 is 30.4. The Morgan fingerprint density at radius 1 is 1.29 bits per heavy atom. The smallest absolute Gasteiger partial charge is 0.290 e. The van der Waals surface area contributed by atoms with Crippen molar-refractivity contribution in [3.05, 3.63) is 76.1 Å². The second kappa shape index (κ2) is 5.85. The number of hydrogen-bond acceptors (Lipinski definition) is 4. The van der Waals surface area contributed by atoms with Gasteiger partial charge in [0.15, 0.2) is 5.88 Å². The number of nitrogens with zero attached hydrogens (tertiary/aromatic N) is 1. The molecule has 1 aliphatic rings. The van der Waals surface area contributed by atoms with E-state index in [4.69, 9.17) is 17.0 Å². The summed E-state index contributed by atoms with van der Waals surface area (Å²) in [7, 11) is -3.88. The van der Waals surface area contributed by atoms with Crippen LogP contribution in [0.2, 0.25) is 0 Å². The Balaban J connectivity index is 2.64. The van der Waals surface area contributed by atoms with E-state index in [1.54, 1.807) is 18.2 Å². The van der Waals surface area contributed by atoms with Gasteiger partial charge in [0.05, 0.1) is 11.5 Å². The summed E-state index contributed by atoms with van der Waals surface area (Å²) >= 11 is 0. The van der Waals surface area contributed by atoms with Crippen molar-refractivity contribution in [2.45, 2.75) is 18.2 Å². The molecule has 2 N–H and O–H groups in total. The molecule has 0 aliphatic carbocycles. The molecule has 0 amide bonds. The molecule has 2 rings (SSSR count). The van der Waals surface area contributed by atoms with E-state index in [0.717, 1.165) is 0 Å². The third-order valence-corrected chi connectivity index (χ3v) is 4.60. The first-order valence-corrected chi connectivity index (χ1v) is 7.74. The van der Waals surface area contributed by atoms with Crippen LogP contribution in [0.1, 0.15) is 13.3 Å². The summed E-state index contributed by atoms with van der Waals surface area (Å²) in [6, 6.07) is 7.85. The summed E-state index contributed by atoms with van der Waals surface area (Å²) in [6.07, 6.45) is 3.44. The number of hydrogen-bond donors (Lipinski definition) is 1. The SMILES string of the molecule is [C-]#[N+]/C(=C1\C=C(N)OC(CC)=C1)S(=O)(=O)c1ccccc1. The van der Waals surface area contributed by atoms with Gasteiger partial charge in [-0.05, 0) is 24.3 Å². The Morgan fingerprint density at radius 2 is 1.95 bits per heavy atom. The first-order valence-electron chi connectivity index (χ1n) is 6.26. The molecule has 0 saturated carbocycles. The number of benzene rings is 1. The van der Waals surface area contributed by atoms with Gasteiger partial charge in [0.1, 0.15) is 5.76 Å². The quantitative estimate of drug-likeness (QED) is 0.871. The van der Waals surface area contributed by atoms with Crippen LogP contribution in [-0.4, -0.2) is 8.42 Å². The zero-order valence-corrected chi connectivity index (χ0v) is 12.2. The van der Waals surface area contributed by atoms with E-state index in [0.29, 0.717) is 12.2 Å². The van der Waals surface area contributed by atoms with E-state index >= 15 is 0 Å². The second-order valence-corrected chi connectivity index (χ2v) is 6.17. The molecule has 0 radical (unpaired) electrons. The maximum Gasteiger partial charge on any atom is 0.290 e. The van der Waals surface area contributed by atoms with E-state index in [2.05, 4.69) is 4.85 Å². The number of nitrogens with two attached hydrogens (primary N) is 1. The molecule has 0 spiro atoms. The van der Waals surface area contributed by atoms with Crippen LogP contribution in [0.5, 0.6) is 0 Å². The standard InChI is InChI=1S/C15H14N2O3S/c1-3-12-9-11(10-14(16)20-12)15(17-2)21(18,19)13-7-5-4-6-8-13/h4-10H,3,16H2,1H3/b15-11+. The Kier molecular flexibility index (Phi) is 4.15. The van der Waals surface area contributed by atoms with Crippen molar-refractivity contribution in [2.24, 2.45) is 5.73 Å². The van der Waals surface area contributed by atoms with Crippen LogP contribution in [0.15, 0.2) is 69.6 Å². The molecular weight excluding hydrogens is 288 g/mol. The summed E-state index contributed by atoms with van der Waals surface area (Å²) in [4.78, 5) is 3.28. The Bertz CT molecular complexity index is 782. The van der Waals surface area contributed by atoms with Crippen LogP contribution in [0.3, 0.4) is 0 Å². The molecule has 0 fully saturated rings. The molecule has 0 aromatic heterocycles. The van der Waals surface area contributed by atoms with Crippen LogP contribution in [0, 0.1) is 6.57 Å². The van der Waals surface area contributed by atoms with Crippen molar-refractivity contribution in [1.82, 2.24) is 0 Å². The zero-order valence-electron chi connectivity index (χ0n) is 11.4. The average Bonchev–Trinajstić information content (AvgIpc) is 2.48. The molecule has 108 valence electrons. The van der Waals surface area contributed by atoms with Crippen LogP contribution >= 0.6 is 0 Å². The minimum absolute atomic E-state index is 0.0772. The van der Waals surface area contributed by atoms with Crippen molar-refractivity contribution >= 4 is 9.84 Å². The molecule has 1 aliphatic heterocycles. The van der Waals surface area contributed by atoms with Crippen molar-refractivity contribution in [3.8, 4) is 0 Å². The highest BCUT2D eigenvalue weighted by atomic mass is 32.2. The Labute approximate surface area is 123 Å². The van der Waals surface area contributed by atoms with Crippen LogP contribution in [0.4, 0.5) is 0 Å². The van der Waals surface area contributed by atoms with Gasteiger partial charge in [-0.15, -0.1) is 0 Å². The van der Waals surface area contributed by atoms with Gasteiger partial charge in [-0.1, -0.05) is 25.1 Å². The third-order valence-electron chi connectivity index (χ3n) is 2.87. The van der Waals surface area contributed by atoms with Gasteiger partial charge < -0.3 is 10.5 Å². The normalized spacial score (nSPS) is 17.1. The van der Waals surface area contributed by atoms with Gasteiger partial charge in [0.25, 0.3) is 5.03 Å².